The Bertz CT molecular complexity index is 424. The minimum atomic E-state index is -0.547. The number of urea groups is 1. The second kappa shape index (κ2) is 5.91. The zero-order chi connectivity index (χ0) is 14.8. The number of rotatable bonds is 2. The van der Waals surface area contributed by atoms with Gasteiger partial charge >= 0.3 is 12.1 Å². The highest BCUT2D eigenvalue weighted by Crippen LogP contribution is 2.22. The molecule has 0 bridgehead atoms. The number of hydrogen-bond donors (Lipinski definition) is 1. The lowest BCUT2D eigenvalue weighted by atomic mass is 10.0. The van der Waals surface area contributed by atoms with E-state index in [1.807, 2.05) is 0 Å². The van der Waals surface area contributed by atoms with Gasteiger partial charge < -0.3 is 15.0 Å². The summed E-state index contributed by atoms with van der Waals surface area (Å²) in [7, 11) is 0. The van der Waals surface area contributed by atoms with Gasteiger partial charge in [0, 0.05) is 25.2 Å². The third kappa shape index (κ3) is 2.96. The molecule has 4 amide bonds. The molecule has 2 saturated heterocycles. The summed E-state index contributed by atoms with van der Waals surface area (Å²) in [5.41, 5.74) is 0. The molecule has 7 heteroatoms. The molecule has 3 rings (SSSR count). The van der Waals surface area contributed by atoms with Gasteiger partial charge in [0.1, 0.15) is 0 Å². The van der Waals surface area contributed by atoms with Gasteiger partial charge in [-0.15, -0.1) is 0 Å². The van der Waals surface area contributed by atoms with E-state index in [0.29, 0.717) is 32.0 Å². The minimum absolute atomic E-state index is 0.0179. The number of carbonyl (C=O) groups excluding carboxylic acids is 3. The number of nitrogens with zero attached hydrogens (tertiary/aromatic N) is 2. The number of amides is 4. The quantitative estimate of drug-likeness (QED) is 0.827. The largest absolute Gasteiger partial charge is 0.439 e. The molecule has 0 atom stereocenters. The standard InChI is InChI=1S/C14H21N3O4/c18-12-9-21-14(20)17(12)11-5-7-16(8-6-11)13(19)15-10-3-1-2-4-10/h10-11H,1-9H2,(H,15,19). The van der Waals surface area contributed by atoms with Crippen LogP contribution in [-0.2, 0) is 9.53 Å². The van der Waals surface area contributed by atoms with Gasteiger partial charge in [0.15, 0.2) is 6.61 Å². The molecule has 3 aliphatic rings. The van der Waals surface area contributed by atoms with Crippen LogP contribution in [0, 0.1) is 0 Å². The monoisotopic (exact) mass is 295 g/mol. The summed E-state index contributed by atoms with van der Waals surface area (Å²) in [5, 5.41) is 3.07. The molecule has 0 radical (unpaired) electrons. The Morgan fingerprint density at radius 1 is 1.10 bits per heavy atom. The first-order chi connectivity index (χ1) is 10.1. The van der Waals surface area contributed by atoms with Gasteiger partial charge in [-0.25, -0.2) is 14.5 Å². The van der Waals surface area contributed by atoms with Crippen molar-refractivity contribution >= 4 is 18.0 Å². The number of nitrogens with one attached hydrogen (secondary N) is 1. The predicted octanol–water partition coefficient (Wildman–Crippen LogP) is 1.08. The number of cyclic esters (lactones) is 1. The number of piperidine rings is 1. The second-order valence-electron chi connectivity index (χ2n) is 5.97. The maximum atomic E-state index is 12.2. The minimum Gasteiger partial charge on any atom is -0.439 e. The fraction of sp³-hybridized carbons (Fsp3) is 0.786. The van der Waals surface area contributed by atoms with Crippen LogP contribution in [0.25, 0.3) is 0 Å². The van der Waals surface area contributed by atoms with Crippen molar-refractivity contribution in [3.05, 3.63) is 0 Å². The van der Waals surface area contributed by atoms with Gasteiger partial charge in [-0.2, -0.15) is 0 Å². The van der Waals surface area contributed by atoms with Crippen LogP contribution in [0.15, 0.2) is 0 Å². The highest BCUT2D eigenvalue weighted by molar-refractivity contribution is 5.98. The van der Waals surface area contributed by atoms with Gasteiger partial charge in [-0.05, 0) is 25.7 Å². The second-order valence-corrected chi connectivity index (χ2v) is 5.97. The van der Waals surface area contributed by atoms with Crippen molar-refractivity contribution < 1.29 is 19.1 Å². The molecule has 0 unspecified atom stereocenters. The van der Waals surface area contributed by atoms with E-state index in [1.54, 1.807) is 4.90 Å². The Labute approximate surface area is 123 Å². The van der Waals surface area contributed by atoms with E-state index in [0.717, 1.165) is 12.8 Å². The smallest absolute Gasteiger partial charge is 0.417 e. The van der Waals surface area contributed by atoms with Crippen LogP contribution < -0.4 is 5.32 Å². The summed E-state index contributed by atoms with van der Waals surface area (Å²) in [4.78, 5) is 38.3. The Balaban J connectivity index is 1.49. The van der Waals surface area contributed by atoms with E-state index in [-0.39, 0.29) is 24.6 Å². The van der Waals surface area contributed by atoms with Crippen LogP contribution in [0.5, 0.6) is 0 Å². The molecule has 1 aliphatic carbocycles. The van der Waals surface area contributed by atoms with E-state index in [9.17, 15) is 14.4 Å². The lowest BCUT2D eigenvalue weighted by Crippen LogP contribution is -2.52. The molecule has 1 saturated carbocycles. The van der Waals surface area contributed by atoms with Gasteiger partial charge in [0.2, 0.25) is 0 Å². The van der Waals surface area contributed by atoms with E-state index < -0.39 is 6.09 Å². The molecule has 1 N–H and O–H groups in total. The van der Waals surface area contributed by atoms with E-state index in [4.69, 9.17) is 4.74 Å². The first-order valence-electron chi connectivity index (χ1n) is 7.69. The van der Waals surface area contributed by atoms with Crippen LogP contribution in [0.4, 0.5) is 9.59 Å². The van der Waals surface area contributed by atoms with Crippen molar-refractivity contribution in [1.82, 2.24) is 15.1 Å². The maximum Gasteiger partial charge on any atom is 0.417 e. The molecule has 116 valence electrons. The lowest BCUT2D eigenvalue weighted by molar-refractivity contribution is -0.127. The molecule has 0 aromatic heterocycles. The number of likely N-dealkylation sites (tertiary alicyclic amines) is 1. The summed E-state index contributed by atoms with van der Waals surface area (Å²) in [5.74, 6) is -0.270. The maximum absolute atomic E-state index is 12.2. The molecule has 3 fully saturated rings. The summed E-state index contributed by atoms with van der Waals surface area (Å²) >= 11 is 0. The van der Waals surface area contributed by atoms with Gasteiger partial charge in [0.25, 0.3) is 5.91 Å². The summed E-state index contributed by atoms with van der Waals surface area (Å²) in [6, 6.07) is 0.157. The van der Waals surface area contributed by atoms with Crippen molar-refractivity contribution in [2.45, 2.75) is 50.6 Å². The van der Waals surface area contributed by atoms with Crippen LogP contribution in [-0.4, -0.2) is 59.6 Å². The van der Waals surface area contributed by atoms with E-state index in [2.05, 4.69) is 5.32 Å². The Morgan fingerprint density at radius 3 is 2.33 bits per heavy atom. The number of ether oxygens (including phenoxy) is 1. The molecular weight excluding hydrogens is 274 g/mol. The first kappa shape index (κ1) is 14.2. The van der Waals surface area contributed by atoms with Crippen molar-refractivity contribution in [3.63, 3.8) is 0 Å². The summed E-state index contributed by atoms with van der Waals surface area (Å²) in [6.07, 6.45) is 5.21. The van der Waals surface area contributed by atoms with Crippen molar-refractivity contribution in [3.8, 4) is 0 Å². The van der Waals surface area contributed by atoms with Crippen LogP contribution in [0.2, 0.25) is 0 Å². The Hall–Kier alpha value is -1.79. The van der Waals surface area contributed by atoms with Crippen molar-refractivity contribution in [2.24, 2.45) is 0 Å². The van der Waals surface area contributed by atoms with Gasteiger partial charge in [-0.3, -0.25) is 4.79 Å². The summed E-state index contributed by atoms with van der Waals surface area (Å²) in [6.45, 7) is 0.988. The normalized spacial score (nSPS) is 24.6. The zero-order valence-corrected chi connectivity index (χ0v) is 12.0. The predicted molar refractivity (Wildman–Crippen MR) is 73.6 cm³/mol. The molecule has 0 aromatic rings. The number of imide groups is 1. The molecule has 2 heterocycles. The molecule has 0 spiro atoms. The van der Waals surface area contributed by atoms with Crippen molar-refractivity contribution in [2.75, 3.05) is 19.7 Å². The highest BCUT2D eigenvalue weighted by atomic mass is 16.6. The van der Waals surface area contributed by atoms with Crippen molar-refractivity contribution in [1.29, 1.82) is 0 Å². The van der Waals surface area contributed by atoms with Crippen LogP contribution in [0.3, 0.4) is 0 Å². The molecular formula is C14H21N3O4. The topological polar surface area (TPSA) is 79.0 Å². The Kier molecular flexibility index (Phi) is 3.98. The van der Waals surface area contributed by atoms with Gasteiger partial charge in [0.05, 0.1) is 0 Å². The lowest BCUT2D eigenvalue weighted by Gasteiger charge is -2.35. The van der Waals surface area contributed by atoms with E-state index >= 15 is 0 Å². The average molecular weight is 295 g/mol. The molecule has 0 aromatic carbocycles. The zero-order valence-electron chi connectivity index (χ0n) is 12.0. The highest BCUT2D eigenvalue weighted by Gasteiger charge is 2.39. The SMILES string of the molecule is O=C(NC1CCCC1)N1CCC(N2C(=O)COC2=O)CC1. The third-order valence-electron chi connectivity index (χ3n) is 4.58. The van der Waals surface area contributed by atoms with E-state index in [1.165, 1.54) is 17.7 Å². The molecule has 2 aliphatic heterocycles. The van der Waals surface area contributed by atoms with Crippen LogP contribution >= 0.6 is 0 Å². The summed E-state index contributed by atoms with van der Waals surface area (Å²) < 4.78 is 4.74. The van der Waals surface area contributed by atoms with Crippen LogP contribution in [0.1, 0.15) is 38.5 Å². The molecule has 7 nitrogen and oxygen atoms in total. The van der Waals surface area contributed by atoms with Gasteiger partial charge in [-0.1, -0.05) is 12.8 Å². The first-order valence-corrected chi connectivity index (χ1v) is 7.69. The third-order valence-corrected chi connectivity index (χ3v) is 4.58. The number of hydrogen-bond acceptors (Lipinski definition) is 4. The Morgan fingerprint density at radius 2 is 1.76 bits per heavy atom. The molecule has 21 heavy (non-hydrogen) atoms. The fourth-order valence-electron chi connectivity index (χ4n) is 3.38. The fourth-order valence-corrected chi connectivity index (χ4v) is 3.38. The number of carbonyl (C=O) groups is 3. The average Bonchev–Trinajstić information content (AvgIpc) is 3.09.